The van der Waals surface area contributed by atoms with Crippen molar-refractivity contribution in [1.82, 2.24) is 9.80 Å². The Morgan fingerprint density at radius 3 is 1.50 bits per heavy atom. The normalized spacial score (nSPS) is 15.0. The first-order valence-electron chi connectivity index (χ1n) is 17.0. The molecule has 6 N–H and O–H groups in total. The van der Waals surface area contributed by atoms with Crippen LogP contribution in [0.2, 0.25) is 0 Å². The summed E-state index contributed by atoms with van der Waals surface area (Å²) in [5.74, 6) is 0.545. The molecule has 0 fully saturated rings. The lowest BCUT2D eigenvalue weighted by Gasteiger charge is -2.17. The summed E-state index contributed by atoms with van der Waals surface area (Å²) >= 11 is 3.20. The second-order valence-electron chi connectivity index (χ2n) is 11.8. The molecular formula is C38H46N6O6S2. The van der Waals surface area contributed by atoms with Crippen molar-refractivity contribution in [3.8, 4) is 11.5 Å². The van der Waals surface area contributed by atoms with Crippen LogP contribution >= 0.6 is 22.7 Å². The van der Waals surface area contributed by atoms with E-state index in [-0.39, 0.29) is 0 Å². The van der Waals surface area contributed by atoms with Gasteiger partial charge in [0, 0.05) is 49.5 Å². The molecule has 2 aliphatic heterocycles. The second-order valence-corrected chi connectivity index (χ2v) is 13.7. The van der Waals surface area contributed by atoms with Crippen LogP contribution in [0.3, 0.4) is 0 Å². The lowest BCUT2D eigenvalue weighted by molar-refractivity contribution is -0.134. The molecule has 0 aliphatic carbocycles. The fourth-order valence-corrected chi connectivity index (χ4v) is 6.66. The van der Waals surface area contributed by atoms with Gasteiger partial charge >= 0.3 is 11.9 Å². The van der Waals surface area contributed by atoms with Gasteiger partial charge in [-0.15, -0.1) is 22.7 Å². The monoisotopic (exact) mass is 746 g/mol. The molecule has 0 radical (unpaired) electrons. The van der Waals surface area contributed by atoms with E-state index in [1.165, 1.54) is 11.1 Å². The van der Waals surface area contributed by atoms with E-state index in [1.54, 1.807) is 22.7 Å². The third-order valence-electron chi connectivity index (χ3n) is 7.70. The summed E-state index contributed by atoms with van der Waals surface area (Å²) in [6.45, 7) is 11.8. The summed E-state index contributed by atoms with van der Waals surface area (Å²) in [6.07, 6.45) is 3.42. The number of benzene rings is 2. The molecule has 2 aliphatic rings. The summed E-state index contributed by atoms with van der Waals surface area (Å²) in [4.78, 5) is 35.0. The Bertz CT molecular complexity index is 1690. The molecule has 0 amide bonds. The molecule has 52 heavy (non-hydrogen) atoms. The Hall–Kier alpha value is -5.02. The van der Waals surface area contributed by atoms with E-state index in [9.17, 15) is 9.59 Å². The number of rotatable bonds is 10. The van der Waals surface area contributed by atoms with E-state index < -0.39 is 11.9 Å². The Morgan fingerprint density at radius 2 is 1.15 bits per heavy atom. The first-order chi connectivity index (χ1) is 25.1. The van der Waals surface area contributed by atoms with E-state index in [1.807, 2.05) is 59.3 Å². The van der Waals surface area contributed by atoms with Gasteiger partial charge in [0.1, 0.15) is 36.4 Å². The van der Waals surface area contributed by atoms with E-state index in [0.717, 1.165) is 98.0 Å². The van der Waals surface area contributed by atoms with Crippen LogP contribution in [0.5, 0.6) is 11.5 Å². The number of aliphatic carboxylic acids is 2. The standard InChI is InChI=1S/2C17H21N3OS.C4H4O4/c2*1-2-7-20-8-9-21-15-6-5-14(11-13(15)12-20)19-17(18)16-4-3-10-22-16;5-3(6)1-2-4(7)8/h2*3-6,10-11H,2,7-9,12H2,1H3,(H2,18,19);1-2H,(H,5,6)(H,7,8)/b;;2-1+. The van der Waals surface area contributed by atoms with Crippen molar-refractivity contribution >= 4 is 57.7 Å². The quantitative estimate of drug-likeness (QED) is 0.0797. The molecule has 4 heterocycles. The lowest BCUT2D eigenvalue weighted by atomic mass is 10.1. The molecule has 0 saturated carbocycles. The average molecular weight is 747 g/mol. The summed E-state index contributed by atoms with van der Waals surface area (Å²) in [6, 6.07) is 20.1. The summed E-state index contributed by atoms with van der Waals surface area (Å²) in [5, 5.41) is 19.6. The molecular weight excluding hydrogens is 701 g/mol. The Labute approximate surface area is 312 Å². The van der Waals surface area contributed by atoms with Crippen molar-refractivity contribution in [2.24, 2.45) is 21.5 Å². The highest BCUT2D eigenvalue weighted by atomic mass is 32.1. The van der Waals surface area contributed by atoms with Crippen LogP contribution in [0.25, 0.3) is 0 Å². The fourth-order valence-electron chi connectivity index (χ4n) is 5.40. The van der Waals surface area contributed by atoms with Crippen molar-refractivity contribution in [2.45, 2.75) is 39.8 Å². The van der Waals surface area contributed by atoms with E-state index in [0.29, 0.717) is 23.8 Å². The zero-order chi connectivity index (χ0) is 37.3. The van der Waals surface area contributed by atoms with E-state index in [4.69, 9.17) is 31.2 Å². The molecule has 6 rings (SSSR count). The highest BCUT2D eigenvalue weighted by Crippen LogP contribution is 2.29. The lowest BCUT2D eigenvalue weighted by Crippen LogP contribution is -2.26. The van der Waals surface area contributed by atoms with Crippen molar-refractivity contribution in [3.63, 3.8) is 0 Å². The number of amidine groups is 2. The number of nitrogens with zero attached hydrogens (tertiary/aromatic N) is 4. The number of ether oxygens (including phenoxy) is 2. The van der Waals surface area contributed by atoms with Gasteiger partial charge in [-0.25, -0.2) is 19.6 Å². The third-order valence-corrected chi connectivity index (χ3v) is 9.49. The number of aliphatic imine (C=N–C) groups is 2. The van der Waals surface area contributed by atoms with Gasteiger partial charge in [0.2, 0.25) is 0 Å². The third kappa shape index (κ3) is 12.9. The SMILES string of the molecule is CCCN1CCOc2ccc(N=C(N)c3cccs3)cc2C1.CCCN1CCOc2ccc(N=C(N)c3cccs3)cc2C1.O=C(O)/C=C/C(=O)O. The van der Waals surface area contributed by atoms with Gasteiger partial charge in [-0.3, -0.25) is 9.80 Å². The fraction of sp³-hybridized carbons (Fsp3) is 0.316. The number of carboxylic acids is 2. The number of carbonyl (C=O) groups is 2. The molecule has 12 nitrogen and oxygen atoms in total. The smallest absolute Gasteiger partial charge is 0.328 e. The summed E-state index contributed by atoms with van der Waals surface area (Å²) in [5.41, 5.74) is 16.3. The van der Waals surface area contributed by atoms with Crippen molar-refractivity contribution in [1.29, 1.82) is 0 Å². The zero-order valence-electron chi connectivity index (χ0n) is 29.4. The van der Waals surface area contributed by atoms with Crippen LogP contribution in [0.15, 0.2) is 93.6 Å². The van der Waals surface area contributed by atoms with Crippen molar-refractivity contribution in [2.75, 3.05) is 39.4 Å². The van der Waals surface area contributed by atoms with Crippen molar-refractivity contribution < 1.29 is 29.3 Å². The molecule has 14 heteroatoms. The van der Waals surface area contributed by atoms with Crippen LogP contribution < -0.4 is 20.9 Å². The summed E-state index contributed by atoms with van der Waals surface area (Å²) in [7, 11) is 0. The topological polar surface area (TPSA) is 176 Å². The van der Waals surface area contributed by atoms with Gasteiger partial charge in [0.15, 0.2) is 0 Å². The number of thiophene rings is 2. The largest absolute Gasteiger partial charge is 0.492 e. The molecule has 2 aromatic heterocycles. The first-order valence-corrected chi connectivity index (χ1v) is 18.8. The Morgan fingerprint density at radius 1 is 0.731 bits per heavy atom. The van der Waals surface area contributed by atoms with Crippen LogP contribution in [0, 0.1) is 0 Å². The number of hydrogen-bond donors (Lipinski definition) is 4. The van der Waals surface area contributed by atoms with Crippen LogP contribution in [0.4, 0.5) is 11.4 Å². The molecule has 0 saturated heterocycles. The Kier molecular flexibility index (Phi) is 15.9. The molecule has 2 aromatic carbocycles. The predicted octanol–water partition coefficient (Wildman–Crippen LogP) is 6.49. The van der Waals surface area contributed by atoms with E-state index >= 15 is 0 Å². The maximum atomic E-state index is 9.55. The van der Waals surface area contributed by atoms with Gasteiger partial charge < -0.3 is 31.2 Å². The first kappa shape index (κ1) is 39.8. The molecule has 276 valence electrons. The van der Waals surface area contributed by atoms with Crippen LogP contribution in [0.1, 0.15) is 47.6 Å². The van der Waals surface area contributed by atoms with Gasteiger partial charge in [-0.05, 0) is 85.2 Å². The minimum atomic E-state index is -1.26. The predicted molar refractivity (Wildman–Crippen MR) is 209 cm³/mol. The Balaban J connectivity index is 0.000000193. The maximum Gasteiger partial charge on any atom is 0.328 e. The summed E-state index contributed by atoms with van der Waals surface area (Å²) < 4.78 is 11.7. The molecule has 0 unspecified atom stereocenters. The van der Waals surface area contributed by atoms with E-state index in [2.05, 4.69) is 45.8 Å². The van der Waals surface area contributed by atoms with Gasteiger partial charge in [-0.1, -0.05) is 26.0 Å². The molecule has 0 spiro atoms. The van der Waals surface area contributed by atoms with Gasteiger partial charge in [0.05, 0.1) is 21.1 Å². The van der Waals surface area contributed by atoms with Crippen LogP contribution in [-0.4, -0.2) is 83.0 Å². The average Bonchev–Trinajstić information content (AvgIpc) is 3.79. The number of hydrogen-bond acceptors (Lipinski definition) is 10. The van der Waals surface area contributed by atoms with Crippen LogP contribution in [-0.2, 0) is 22.7 Å². The maximum absolute atomic E-state index is 9.55. The molecule has 0 atom stereocenters. The number of nitrogens with two attached hydrogens (primary N) is 2. The van der Waals surface area contributed by atoms with Gasteiger partial charge in [0.25, 0.3) is 0 Å². The highest BCUT2D eigenvalue weighted by Gasteiger charge is 2.16. The highest BCUT2D eigenvalue weighted by molar-refractivity contribution is 7.12. The molecule has 4 aromatic rings. The minimum absolute atomic E-state index is 0.558. The number of fused-ring (bicyclic) bond motifs is 2. The minimum Gasteiger partial charge on any atom is -0.492 e. The number of carboxylic acid groups (broad SMARTS) is 2. The molecule has 0 bridgehead atoms. The second kappa shape index (κ2) is 20.7. The van der Waals surface area contributed by atoms with Crippen molar-refractivity contribution in [3.05, 3.63) is 104 Å². The van der Waals surface area contributed by atoms with Gasteiger partial charge in [-0.2, -0.15) is 0 Å². The zero-order valence-corrected chi connectivity index (χ0v) is 31.1.